The van der Waals surface area contributed by atoms with E-state index in [1.54, 1.807) is 37.3 Å². The molecule has 2 aromatic rings. The molecular weight excluding hydrogens is 376 g/mol. The molecule has 1 aliphatic rings. The number of benzene rings is 1. The highest BCUT2D eigenvalue weighted by molar-refractivity contribution is 6.55. The molecule has 3 rings (SSSR count). The van der Waals surface area contributed by atoms with Crippen LogP contribution in [0.15, 0.2) is 42.3 Å². The molecule has 0 aliphatic carbocycles. The summed E-state index contributed by atoms with van der Waals surface area (Å²) in [7, 11) is -1.07. The van der Waals surface area contributed by atoms with Crippen LogP contribution in [-0.4, -0.2) is 39.4 Å². The third-order valence-electron chi connectivity index (χ3n) is 5.23. The maximum atomic E-state index is 15.1. The third-order valence-corrected chi connectivity index (χ3v) is 5.23. The molecule has 1 aromatic carbocycles. The molecule has 9 heteroatoms. The fourth-order valence-electron chi connectivity index (χ4n) is 2.77. The van der Waals surface area contributed by atoms with Crippen LogP contribution in [0.4, 0.5) is 15.9 Å². The number of carbonyl (C=O) groups is 1. The van der Waals surface area contributed by atoms with Gasteiger partial charge in [-0.3, -0.25) is 0 Å². The molecule has 1 fully saturated rings. The maximum absolute atomic E-state index is 15.1. The lowest BCUT2D eigenvalue weighted by molar-refractivity contribution is 0.00578. The largest absolute Gasteiger partial charge is 0.525 e. The summed E-state index contributed by atoms with van der Waals surface area (Å²) in [5.74, 6) is -1.21. The topological polar surface area (TPSA) is 93.6 Å². The second kappa shape index (κ2) is 7.57. The zero-order valence-corrected chi connectivity index (χ0v) is 17.0. The molecule has 1 aliphatic heterocycles. The number of aromatic nitrogens is 2. The van der Waals surface area contributed by atoms with Crippen LogP contribution in [0, 0.1) is 0 Å². The van der Waals surface area contributed by atoms with Crippen molar-refractivity contribution in [1.29, 1.82) is 0 Å². The van der Waals surface area contributed by atoms with Gasteiger partial charge in [0.1, 0.15) is 11.5 Å². The van der Waals surface area contributed by atoms with Crippen molar-refractivity contribution >= 4 is 30.2 Å². The van der Waals surface area contributed by atoms with Crippen molar-refractivity contribution in [2.24, 2.45) is 0 Å². The van der Waals surface area contributed by atoms with E-state index in [0.717, 1.165) is 0 Å². The number of nitrogens with one attached hydrogen (secondary N) is 1. The van der Waals surface area contributed by atoms with E-state index in [4.69, 9.17) is 14.4 Å². The second-order valence-electron chi connectivity index (χ2n) is 7.84. The fraction of sp³-hybridized carbons (Fsp3) is 0.350. The van der Waals surface area contributed by atoms with Gasteiger partial charge >= 0.3 is 13.1 Å². The van der Waals surface area contributed by atoms with Crippen LogP contribution in [0.3, 0.4) is 0 Å². The summed E-state index contributed by atoms with van der Waals surface area (Å²) in [4.78, 5) is 18.6. The summed E-state index contributed by atoms with van der Waals surface area (Å²) < 4.78 is 26.7. The molecule has 0 bridgehead atoms. The molecule has 152 valence electrons. The van der Waals surface area contributed by atoms with Gasteiger partial charge in [0.25, 0.3) is 0 Å². The summed E-state index contributed by atoms with van der Waals surface area (Å²) in [6, 6.07) is 8.59. The van der Waals surface area contributed by atoms with E-state index in [2.05, 4.69) is 15.3 Å². The van der Waals surface area contributed by atoms with Crippen molar-refractivity contribution < 1.29 is 23.6 Å². The summed E-state index contributed by atoms with van der Waals surface area (Å²) >= 11 is 0. The Kier molecular flexibility index (Phi) is 5.47. The van der Waals surface area contributed by atoms with Crippen LogP contribution in [0.1, 0.15) is 50.8 Å². The van der Waals surface area contributed by atoms with E-state index in [9.17, 15) is 4.79 Å². The van der Waals surface area contributed by atoms with Crippen LogP contribution in [-0.2, 0) is 9.31 Å². The van der Waals surface area contributed by atoms with Gasteiger partial charge < -0.3 is 19.7 Å². The molecule has 29 heavy (non-hydrogen) atoms. The van der Waals surface area contributed by atoms with E-state index in [1.165, 1.54) is 6.20 Å². The number of carboxylic acids is 1. The number of hydrogen-bond acceptors (Lipinski definition) is 6. The molecule has 0 atom stereocenters. The number of anilines is 2. The quantitative estimate of drug-likeness (QED) is 0.726. The number of rotatable bonds is 5. The fourth-order valence-corrected chi connectivity index (χ4v) is 2.77. The average Bonchev–Trinajstić information content (AvgIpc) is 2.88. The van der Waals surface area contributed by atoms with Crippen molar-refractivity contribution in [3.63, 3.8) is 0 Å². The average molecular weight is 399 g/mol. The molecular formula is C20H23BFN3O4. The number of aromatic carboxylic acids is 1. The molecule has 0 amide bonds. The van der Waals surface area contributed by atoms with Gasteiger partial charge in [0.15, 0.2) is 0 Å². The number of carboxylic acid groups (broad SMARTS) is 1. The zero-order valence-electron chi connectivity index (χ0n) is 17.0. The van der Waals surface area contributed by atoms with E-state index >= 15 is 4.39 Å². The number of nitrogens with zero attached hydrogens (tertiary/aromatic N) is 2. The first-order valence-electron chi connectivity index (χ1n) is 9.16. The van der Waals surface area contributed by atoms with Gasteiger partial charge in [-0.25, -0.2) is 19.2 Å². The third kappa shape index (κ3) is 4.30. The lowest BCUT2D eigenvalue weighted by atomic mass is 9.83. The lowest BCUT2D eigenvalue weighted by Gasteiger charge is -2.32. The number of allylic oxidation sites excluding steroid dienone is 1. The summed E-state index contributed by atoms with van der Waals surface area (Å²) in [5.41, 5.74) is -0.105. The van der Waals surface area contributed by atoms with Crippen molar-refractivity contribution in [1.82, 2.24) is 9.97 Å². The minimum atomic E-state index is -1.22. The molecule has 0 unspecified atom stereocenters. The van der Waals surface area contributed by atoms with Crippen molar-refractivity contribution in [3.8, 4) is 0 Å². The predicted octanol–water partition coefficient (Wildman–Crippen LogP) is 4.25. The second-order valence-corrected chi connectivity index (χ2v) is 7.84. The van der Waals surface area contributed by atoms with E-state index < -0.39 is 30.0 Å². The van der Waals surface area contributed by atoms with Crippen molar-refractivity contribution in [2.75, 3.05) is 5.32 Å². The molecule has 0 saturated carbocycles. The summed E-state index contributed by atoms with van der Waals surface area (Å²) in [6.07, 6.45) is 1.35. The Bertz CT molecular complexity index is 962. The van der Waals surface area contributed by atoms with Crippen molar-refractivity contribution in [3.05, 3.63) is 53.6 Å². The molecule has 0 spiro atoms. The van der Waals surface area contributed by atoms with Gasteiger partial charge in [-0.15, -0.1) is 0 Å². The molecule has 2 heterocycles. The van der Waals surface area contributed by atoms with Crippen LogP contribution in [0.2, 0.25) is 0 Å². The molecule has 1 saturated heterocycles. The minimum absolute atomic E-state index is 0.311. The van der Waals surface area contributed by atoms with Crippen LogP contribution >= 0.6 is 0 Å². The van der Waals surface area contributed by atoms with E-state index in [-0.39, 0.29) is 5.82 Å². The Morgan fingerprint density at radius 3 is 2.45 bits per heavy atom. The first-order chi connectivity index (χ1) is 13.5. The molecule has 2 N–H and O–H groups in total. The minimum Gasteiger partial charge on any atom is -0.475 e. The Hall–Kier alpha value is -2.78. The van der Waals surface area contributed by atoms with Gasteiger partial charge in [0, 0.05) is 11.9 Å². The highest BCUT2D eigenvalue weighted by Crippen LogP contribution is 2.40. The van der Waals surface area contributed by atoms with E-state index in [0.29, 0.717) is 22.6 Å². The highest BCUT2D eigenvalue weighted by Gasteiger charge is 2.53. The molecule has 0 radical (unpaired) electrons. The molecule has 1 aromatic heterocycles. The van der Waals surface area contributed by atoms with Gasteiger partial charge in [-0.2, -0.15) is 0 Å². The lowest BCUT2D eigenvalue weighted by Crippen LogP contribution is -2.41. The number of hydrogen-bond donors (Lipinski definition) is 2. The Morgan fingerprint density at radius 2 is 1.83 bits per heavy atom. The SMILES string of the molecule is CC(=C(F)B1OC(C)(C)C(C)(C)O1)c1cccc(Nc2ccnc(C(=O)O)n2)c1. The van der Waals surface area contributed by atoms with Gasteiger partial charge in [-0.1, -0.05) is 12.1 Å². The van der Waals surface area contributed by atoms with E-state index in [1.807, 2.05) is 27.7 Å². The van der Waals surface area contributed by atoms with Gasteiger partial charge in [0.2, 0.25) is 5.82 Å². The van der Waals surface area contributed by atoms with Gasteiger partial charge in [-0.05, 0) is 64.0 Å². The Labute approximate surface area is 169 Å². The Morgan fingerprint density at radius 1 is 1.17 bits per heavy atom. The smallest absolute Gasteiger partial charge is 0.475 e. The highest BCUT2D eigenvalue weighted by atomic mass is 19.1. The Balaban J connectivity index is 1.84. The number of halogens is 1. The van der Waals surface area contributed by atoms with Crippen molar-refractivity contribution in [2.45, 2.75) is 45.8 Å². The first-order valence-corrected chi connectivity index (χ1v) is 9.16. The molecule has 7 nitrogen and oxygen atoms in total. The summed E-state index contributed by atoms with van der Waals surface area (Å²) in [5, 5.41) is 12.0. The maximum Gasteiger partial charge on any atom is 0.525 e. The van der Waals surface area contributed by atoms with Gasteiger partial charge in [0.05, 0.1) is 11.2 Å². The predicted molar refractivity (Wildman–Crippen MR) is 109 cm³/mol. The normalized spacial score (nSPS) is 18.3. The standard InChI is InChI=1S/C20H23BFN3O4/c1-12(16(22)21-28-19(2,3)20(4,5)29-21)13-7-6-8-14(11-13)24-15-9-10-23-17(25-15)18(26)27/h6-11H,1-5H3,(H,26,27)(H,23,24,25). The van der Waals surface area contributed by atoms with Crippen LogP contribution in [0.25, 0.3) is 5.57 Å². The van der Waals surface area contributed by atoms with Crippen LogP contribution < -0.4 is 5.32 Å². The zero-order chi connectivity index (χ0) is 21.4. The first kappa shape index (κ1) is 20.9. The van der Waals surface area contributed by atoms with Crippen LogP contribution in [0.5, 0.6) is 0 Å². The summed E-state index contributed by atoms with van der Waals surface area (Å²) in [6.45, 7) is 9.13. The monoisotopic (exact) mass is 399 g/mol.